The zero-order valence-electron chi connectivity index (χ0n) is 12.9. The number of nitrogens with zero attached hydrogens (tertiary/aromatic N) is 1. The monoisotopic (exact) mass is 284 g/mol. The Bertz CT molecular complexity index is 240. The molecule has 1 fully saturated rings. The molecule has 0 N–H and O–H groups in total. The summed E-state index contributed by atoms with van der Waals surface area (Å²) in [6, 6.07) is 0. The van der Waals surface area contributed by atoms with Crippen molar-refractivity contribution in [1.29, 1.82) is 0 Å². The van der Waals surface area contributed by atoms with E-state index in [0.717, 1.165) is 38.6 Å². The second kappa shape index (κ2) is 12.0. The number of piperidine rings is 1. The van der Waals surface area contributed by atoms with E-state index in [1.807, 2.05) is 0 Å². The van der Waals surface area contributed by atoms with Gasteiger partial charge in [0.05, 0.1) is 6.61 Å². The first kappa shape index (κ1) is 17.3. The van der Waals surface area contributed by atoms with Crippen LogP contribution in [0.4, 0.5) is 4.79 Å². The molecule has 1 radical (unpaired) electrons. The second-order valence-corrected chi connectivity index (χ2v) is 5.55. The highest BCUT2D eigenvalue weighted by molar-refractivity contribution is 5.60. The summed E-state index contributed by atoms with van der Waals surface area (Å²) < 4.78 is 10.2. The van der Waals surface area contributed by atoms with E-state index < -0.39 is 6.16 Å². The molecule has 1 heterocycles. The van der Waals surface area contributed by atoms with E-state index in [-0.39, 0.29) is 6.23 Å². The topological polar surface area (TPSA) is 49.6 Å². The van der Waals surface area contributed by atoms with E-state index >= 15 is 0 Å². The molecule has 117 valence electrons. The Morgan fingerprint density at radius 3 is 2.40 bits per heavy atom. The fourth-order valence-electron chi connectivity index (χ4n) is 2.39. The highest BCUT2D eigenvalue weighted by Crippen LogP contribution is 2.11. The lowest BCUT2D eigenvalue weighted by atomic mass is 10.1. The number of unbranched alkanes of at least 4 members (excludes halogenated alkanes) is 7. The van der Waals surface area contributed by atoms with Gasteiger partial charge in [-0.05, 0) is 25.7 Å². The molecule has 4 nitrogen and oxygen atoms in total. The first-order valence-corrected chi connectivity index (χ1v) is 8.33. The molecule has 20 heavy (non-hydrogen) atoms. The summed E-state index contributed by atoms with van der Waals surface area (Å²) in [5.41, 5.74) is 0. The Hall–Kier alpha value is -0.770. The van der Waals surface area contributed by atoms with E-state index in [1.54, 1.807) is 0 Å². The van der Waals surface area contributed by atoms with Gasteiger partial charge in [0.2, 0.25) is 0 Å². The standard InChI is InChI=1S/C16H30NO3/c1-2-3-4-5-6-7-8-11-14-19-16(18)20-15-12-9-10-13-17-15/h15H,2-14H2,1H3. The maximum Gasteiger partial charge on any atom is 0.509 e. The summed E-state index contributed by atoms with van der Waals surface area (Å²) in [4.78, 5) is 11.4. The zero-order chi connectivity index (χ0) is 14.5. The van der Waals surface area contributed by atoms with Crippen molar-refractivity contribution in [2.24, 2.45) is 0 Å². The van der Waals surface area contributed by atoms with Gasteiger partial charge in [0.1, 0.15) is 0 Å². The van der Waals surface area contributed by atoms with Crippen molar-refractivity contribution in [3.8, 4) is 0 Å². The molecule has 0 aromatic heterocycles. The van der Waals surface area contributed by atoms with Crippen LogP contribution >= 0.6 is 0 Å². The predicted octanol–water partition coefficient (Wildman–Crippen LogP) is 4.39. The summed E-state index contributed by atoms with van der Waals surface area (Å²) in [5.74, 6) is 0. The lowest BCUT2D eigenvalue weighted by Gasteiger charge is -2.21. The molecule has 1 atom stereocenters. The minimum Gasteiger partial charge on any atom is -0.434 e. The summed E-state index contributed by atoms with van der Waals surface area (Å²) in [6.45, 7) is 3.51. The lowest BCUT2D eigenvalue weighted by Crippen LogP contribution is -2.32. The molecular formula is C16H30NO3. The Labute approximate surface area is 123 Å². The van der Waals surface area contributed by atoms with Crippen LogP contribution in [0, 0.1) is 0 Å². The van der Waals surface area contributed by atoms with Gasteiger partial charge in [0, 0.05) is 6.54 Å². The predicted molar refractivity (Wildman–Crippen MR) is 79.7 cm³/mol. The Kier molecular flexibility index (Phi) is 10.4. The number of ether oxygens (including phenoxy) is 2. The van der Waals surface area contributed by atoms with Gasteiger partial charge in [0.15, 0.2) is 6.23 Å². The molecule has 0 amide bonds. The third-order valence-corrected chi connectivity index (χ3v) is 3.64. The molecule has 1 aliphatic heterocycles. The highest BCUT2D eigenvalue weighted by Gasteiger charge is 2.18. The fraction of sp³-hybridized carbons (Fsp3) is 0.938. The van der Waals surface area contributed by atoms with E-state index in [4.69, 9.17) is 9.47 Å². The average molecular weight is 284 g/mol. The second-order valence-electron chi connectivity index (χ2n) is 5.55. The molecule has 1 saturated heterocycles. The van der Waals surface area contributed by atoms with Crippen LogP contribution < -0.4 is 5.32 Å². The van der Waals surface area contributed by atoms with Gasteiger partial charge in [-0.1, -0.05) is 51.9 Å². The van der Waals surface area contributed by atoms with Crippen molar-refractivity contribution in [1.82, 2.24) is 5.32 Å². The van der Waals surface area contributed by atoms with Gasteiger partial charge >= 0.3 is 6.16 Å². The summed E-state index contributed by atoms with van der Waals surface area (Å²) in [6.07, 6.45) is 12.1. The highest BCUT2D eigenvalue weighted by atomic mass is 16.7. The largest absolute Gasteiger partial charge is 0.509 e. The van der Waals surface area contributed by atoms with Crippen molar-refractivity contribution in [3.63, 3.8) is 0 Å². The molecule has 4 heteroatoms. The van der Waals surface area contributed by atoms with Gasteiger partial charge in [-0.15, -0.1) is 0 Å². The van der Waals surface area contributed by atoms with E-state index in [2.05, 4.69) is 12.2 Å². The van der Waals surface area contributed by atoms with E-state index in [1.165, 1.54) is 38.5 Å². The molecule has 0 spiro atoms. The van der Waals surface area contributed by atoms with Crippen molar-refractivity contribution >= 4 is 6.16 Å². The fourth-order valence-corrected chi connectivity index (χ4v) is 2.39. The lowest BCUT2D eigenvalue weighted by molar-refractivity contribution is -0.0000398. The number of hydrogen-bond donors (Lipinski definition) is 0. The first-order chi connectivity index (χ1) is 9.83. The molecule has 0 saturated carbocycles. The van der Waals surface area contributed by atoms with Crippen molar-refractivity contribution in [3.05, 3.63) is 0 Å². The summed E-state index contributed by atoms with van der Waals surface area (Å²) in [5, 5.41) is 4.24. The smallest absolute Gasteiger partial charge is 0.434 e. The SMILES string of the molecule is CCCCCCCCCCOC(=O)OC1CCCC[N]1. The third kappa shape index (κ3) is 9.18. The van der Waals surface area contributed by atoms with Crippen LogP contribution in [0.2, 0.25) is 0 Å². The van der Waals surface area contributed by atoms with Crippen LogP contribution in [0.1, 0.15) is 77.6 Å². The third-order valence-electron chi connectivity index (χ3n) is 3.64. The van der Waals surface area contributed by atoms with Crippen LogP contribution in [0.5, 0.6) is 0 Å². The Morgan fingerprint density at radius 2 is 1.75 bits per heavy atom. The quantitative estimate of drug-likeness (QED) is 0.441. The number of carbonyl (C=O) groups excluding carboxylic acids is 1. The van der Waals surface area contributed by atoms with Gasteiger partial charge in [-0.25, -0.2) is 10.1 Å². The Morgan fingerprint density at radius 1 is 1.05 bits per heavy atom. The van der Waals surface area contributed by atoms with Crippen LogP contribution in [0.15, 0.2) is 0 Å². The average Bonchev–Trinajstić information content (AvgIpc) is 2.46. The van der Waals surface area contributed by atoms with Gasteiger partial charge < -0.3 is 9.47 Å². The van der Waals surface area contributed by atoms with Crippen molar-refractivity contribution < 1.29 is 14.3 Å². The molecule has 0 bridgehead atoms. The number of carbonyl (C=O) groups is 1. The molecular weight excluding hydrogens is 254 g/mol. The Balaban J connectivity index is 1.84. The van der Waals surface area contributed by atoms with Crippen LogP contribution in [-0.2, 0) is 9.47 Å². The summed E-state index contributed by atoms with van der Waals surface area (Å²) in [7, 11) is 0. The van der Waals surface area contributed by atoms with Gasteiger partial charge in [0.25, 0.3) is 0 Å². The molecule has 0 aliphatic carbocycles. The summed E-state index contributed by atoms with van der Waals surface area (Å²) >= 11 is 0. The normalized spacial score (nSPS) is 18.8. The zero-order valence-corrected chi connectivity index (χ0v) is 12.9. The van der Waals surface area contributed by atoms with Crippen molar-refractivity contribution in [2.75, 3.05) is 13.2 Å². The molecule has 0 aromatic rings. The minimum absolute atomic E-state index is 0.269. The van der Waals surface area contributed by atoms with Crippen LogP contribution in [0.3, 0.4) is 0 Å². The first-order valence-electron chi connectivity index (χ1n) is 8.33. The van der Waals surface area contributed by atoms with Crippen molar-refractivity contribution in [2.45, 2.75) is 83.8 Å². The molecule has 0 aromatic carbocycles. The van der Waals surface area contributed by atoms with E-state index in [9.17, 15) is 4.79 Å². The number of rotatable bonds is 10. The maximum absolute atomic E-state index is 11.4. The number of hydrogen-bond acceptors (Lipinski definition) is 3. The minimum atomic E-state index is -0.552. The van der Waals surface area contributed by atoms with E-state index in [0.29, 0.717) is 6.61 Å². The van der Waals surface area contributed by atoms with Crippen LogP contribution in [0.25, 0.3) is 0 Å². The molecule has 1 unspecified atom stereocenters. The van der Waals surface area contributed by atoms with Gasteiger partial charge in [-0.3, -0.25) is 0 Å². The molecule has 1 rings (SSSR count). The van der Waals surface area contributed by atoms with Gasteiger partial charge in [-0.2, -0.15) is 0 Å². The molecule has 1 aliphatic rings. The maximum atomic E-state index is 11.4. The van der Waals surface area contributed by atoms with Crippen LogP contribution in [-0.4, -0.2) is 25.5 Å².